The van der Waals surface area contributed by atoms with E-state index in [0.29, 0.717) is 16.9 Å². The second kappa shape index (κ2) is 9.58. The number of carbonyl (C=O) groups excluding carboxylic acids is 2. The molecular weight excluding hydrogens is 390 g/mol. The number of hydrogen-bond acceptors (Lipinski definition) is 7. The number of nitrogens with zero attached hydrogens (tertiary/aromatic N) is 2. The molecule has 1 amide bonds. The van der Waals surface area contributed by atoms with Crippen molar-refractivity contribution in [3.63, 3.8) is 0 Å². The maximum absolute atomic E-state index is 12.5. The Morgan fingerprint density at radius 3 is 2.52 bits per heavy atom. The van der Waals surface area contributed by atoms with Crippen molar-refractivity contribution in [2.75, 3.05) is 18.5 Å². The molecule has 0 saturated heterocycles. The van der Waals surface area contributed by atoms with Gasteiger partial charge in [-0.15, -0.1) is 11.3 Å². The summed E-state index contributed by atoms with van der Waals surface area (Å²) in [7, 11) is 0. The van der Waals surface area contributed by atoms with Crippen molar-refractivity contribution in [3.05, 3.63) is 34.2 Å². The molecule has 9 heteroatoms. The van der Waals surface area contributed by atoms with E-state index in [2.05, 4.69) is 5.32 Å². The Morgan fingerprint density at radius 2 is 1.93 bits per heavy atom. The highest BCUT2D eigenvalue weighted by molar-refractivity contribution is 7.21. The van der Waals surface area contributed by atoms with Crippen LogP contribution >= 0.6 is 22.9 Å². The van der Waals surface area contributed by atoms with Crippen LogP contribution in [0.2, 0.25) is 4.34 Å². The van der Waals surface area contributed by atoms with E-state index in [-0.39, 0.29) is 34.5 Å². The Morgan fingerprint density at radius 1 is 1.22 bits per heavy atom. The number of nitriles is 2. The van der Waals surface area contributed by atoms with Gasteiger partial charge in [0.15, 0.2) is 6.61 Å². The maximum atomic E-state index is 12.5. The summed E-state index contributed by atoms with van der Waals surface area (Å²) < 4.78 is 10.6. The predicted molar refractivity (Wildman–Crippen MR) is 101 cm³/mol. The molecule has 0 radical (unpaired) electrons. The maximum Gasteiger partial charge on any atom is 0.341 e. The smallest absolute Gasteiger partial charge is 0.341 e. The zero-order valence-corrected chi connectivity index (χ0v) is 15.8. The molecule has 0 fully saturated rings. The van der Waals surface area contributed by atoms with Crippen LogP contribution in [0.4, 0.5) is 5.00 Å². The zero-order chi connectivity index (χ0) is 19.8. The molecule has 0 aliphatic carbocycles. The molecule has 7 nitrogen and oxygen atoms in total. The van der Waals surface area contributed by atoms with Gasteiger partial charge in [-0.05, 0) is 24.6 Å². The van der Waals surface area contributed by atoms with E-state index < -0.39 is 11.9 Å². The number of rotatable bonds is 7. The standard InChI is InChI=1S/C18H14ClN3O4S/c1-2-25-18(24)15-14(11-3-5-12(6-4-11)26-10-9-21)16(19)27-17(15)22-13(23)7-8-20/h3-6H,2,7,10H2,1H3,(H,22,23). The topological polar surface area (TPSA) is 112 Å². The number of halogens is 1. The van der Waals surface area contributed by atoms with Crippen LogP contribution in [-0.4, -0.2) is 25.1 Å². The Kier molecular flexibility index (Phi) is 7.18. The SMILES string of the molecule is CCOC(=O)c1c(NC(=O)CC#N)sc(Cl)c1-c1ccc(OCC#N)cc1. The van der Waals surface area contributed by atoms with Crippen molar-refractivity contribution < 1.29 is 19.1 Å². The molecule has 0 saturated carbocycles. The first-order valence-electron chi connectivity index (χ1n) is 7.78. The fourth-order valence-electron chi connectivity index (χ4n) is 2.22. The summed E-state index contributed by atoms with van der Waals surface area (Å²) in [4.78, 5) is 24.3. The number of anilines is 1. The van der Waals surface area contributed by atoms with Crippen molar-refractivity contribution >= 4 is 39.8 Å². The number of benzene rings is 1. The van der Waals surface area contributed by atoms with E-state index in [1.807, 2.05) is 6.07 Å². The summed E-state index contributed by atoms with van der Waals surface area (Å²) >= 11 is 7.34. The van der Waals surface area contributed by atoms with Crippen LogP contribution in [0.15, 0.2) is 24.3 Å². The van der Waals surface area contributed by atoms with Crippen LogP contribution in [0.25, 0.3) is 11.1 Å². The van der Waals surface area contributed by atoms with Gasteiger partial charge in [-0.2, -0.15) is 10.5 Å². The average molecular weight is 404 g/mol. The molecule has 1 aromatic carbocycles. The van der Waals surface area contributed by atoms with Crippen LogP contribution in [0.5, 0.6) is 5.75 Å². The van der Waals surface area contributed by atoms with Crippen molar-refractivity contribution in [2.24, 2.45) is 0 Å². The van der Waals surface area contributed by atoms with Crippen LogP contribution in [0, 0.1) is 22.7 Å². The summed E-state index contributed by atoms with van der Waals surface area (Å²) in [6.07, 6.45) is -0.349. The zero-order valence-electron chi connectivity index (χ0n) is 14.2. The molecule has 0 atom stereocenters. The van der Waals surface area contributed by atoms with Gasteiger partial charge in [-0.3, -0.25) is 4.79 Å². The highest BCUT2D eigenvalue weighted by atomic mass is 35.5. The molecule has 1 heterocycles. The Hall–Kier alpha value is -3.07. The normalized spacial score (nSPS) is 9.78. The third kappa shape index (κ3) is 4.98. The molecule has 0 aliphatic heterocycles. The van der Waals surface area contributed by atoms with Crippen LogP contribution in [0.3, 0.4) is 0 Å². The fraction of sp³-hybridized carbons (Fsp3) is 0.222. The first-order valence-corrected chi connectivity index (χ1v) is 8.97. The van der Waals surface area contributed by atoms with Crippen molar-refractivity contribution in [3.8, 4) is 29.0 Å². The van der Waals surface area contributed by atoms with E-state index in [4.69, 9.17) is 31.6 Å². The first-order chi connectivity index (χ1) is 13.0. The highest BCUT2D eigenvalue weighted by Crippen LogP contribution is 2.44. The first kappa shape index (κ1) is 20.2. The van der Waals surface area contributed by atoms with Gasteiger partial charge in [0.2, 0.25) is 5.91 Å². The molecule has 1 aromatic heterocycles. The molecule has 27 heavy (non-hydrogen) atoms. The van der Waals surface area contributed by atoms with Gasteiger partial charge in [-0.25, -0.2) is 4.79 Å². The number of thiophene rings is 1. The van der Waals surface area contributed by atoms with E-state index in [9.17, 15) is 9.59 Å². The molecule has 1 N–H and O–H groups in total. The van der Waals surface area contributed by atoms with Gasteiger partial charge in [0, 0.05) is 5.56 Å². The largest absolute Gasteiger partial charge is 0.479 e. The highest BCUT2D eigenvalue weighted by Gasteiger charge is 2.26. The van der Waals surface area contributed by atoms with E-state index in [0.717, 1.165) is 11.3 Å². The molecule has 2 aromatic rings. The van der Waals surface area contributed by atoms with Gasteiger partial charge < -0.3 is 14.8 Å². The Bertz CT molecular complexity index is 926. The molecule has 138 valence electrons. The lowest BCUT2D eigenvalue weighted by Crippen LogP contribution is -2.13. The fourth-order valence-corrected chi connectivity index (χ4v) is 3.61. The van der Waals surface area contributed by atoms with Crippen molar-refractivity contribution in [1.29, 1.82) is 10.5 Å². The summed E-state index contributed by atoms with van der Waals surface area (Å²) in [5.41, 5.74) is 1.16. The van der Waals surface area contributed by atoms with Crippen molar-refractivity contribution in [1.82, 2.24) is 0 Å². The number of hydrogen-bond donors (Lipinski definition) is 1. The van der Waals surface area contributed by atoms with Gasteiger partial charge in [0.1, 0.15) is 33.1 Å². The molecular formula is C18H14ClN3O4S. The summed E-state index contributed by atoms with van der Waals surface area (Å²) in [6.45, 7) is 1.74. The molecule has 0 spiro atoms. The average Bonchev–Trinajstić information content (AvgIpc) is 2.96. The lowest BCUT2D eigenvalue weighted by atomic mass is 10.0. The summed E-state index contributed by atoms with van der Waals surface area (Å²) in [6, 6.07) is 10.3. The number of ether oxygens (including phenoxy) is 2. The minimum absolute atomic E-state index is 0.0816. The van der Waals surface area contributed by atoms with Crippen LogP contribution in [0.1, 0.15) is 23.7 Å². The number of amides is 1. The van der Waals surface area contributed by atoms with Crippen LogP contribution in [-0.2, 0) is 9.53 Å². The Labute approximate surface area is 164 Å². The van der Waals surface area contributed by atoms with Gasteiger partial charge in [0.25, 0.3) is 0 Å². The van der Waals surface area contributed by atoms with Gasteiger partial charge in [0.05, 0.1) is 12.7 Å². The minimum Gasteiger partial charge on any atom is -0.479 e. The number of esters is 1. The predicted octanol–water partition coefficient (Wildman–Crippen LogP) is 4.00. The van der Waals surface area contributed by atoms with Gasteiger partial charge >= 0.3 is 5.97 Å². The lowest BCUT2D eigenvalue weighted by molar-refractivity contribution is -0.115. The molecule has 0 unspecified atom stereocenters. The molecule has 2 rings (SSSR count). The van der Waals surface area contributed by atoms with E-state index in [1.54, 1.807) is 37.3 Å². The quantitative estimate of drug-likeness (QED) is 0.699. The third-order valence-electron chi connectivity index (χ3n) is 3.28. The summed E-state index contributed by atoms with van der Waals surface area (Å²) in [5.74, 6) is -0.688. The lowest BCUT2D eigenvalue weighted by Gasteiger charge is -2.09. The Balaban J connectivity index is 2.47. The third-order valence-corrected chi connectivity index (χ3v) is 4.60. The number of carbonyl (C=O) groups is 2. The second-order valence-electron chi connectivity index (χ2n) is 5.03. The van der Waals surface area contributed by atoms with E-state index >= 15 is 0 Å². The van der Waals surface area contributed by atoms with Crippen molar-refractivity contribution in [2.45, 2.75) is 13.3 Å². The monoisotopic (exact) mass is 403 g/mol. The second-order valence-corrected chi connectivity index (χ2v) is 6.65. The van der Waals surface area contributed by atoms with E-state index in [1.165, 1.54) is 0 Å². The van der Waals surface area contributed by atoms with Gasteiger partial charge in [-0.1, -0.05) is 23.7 Å². The summed E-state index contributed by atoms with van der Waals surface area (Å²) in [5, 5.41) is 20.0. The number of nitrogens with one attached hydrogen (secondary N) is 1. The minimum atomic E-state index is -0.632. The van der Waals surface area contributed by atoms with Crippen LogP contribution < -0.4 is 10.1 Å². The molecule has 0 bridgehead atoms. The molecule has 0 aliphatic rings.